The Bertz CT molecular complexity index is 426. The maximum Gasteiger partial charge on any atom is 0.119 e. The van der Waals surface area contributed by atoms with Gasteiger partial charge in [0.25, 0.3) is 0 Å². The Hall–Kier alpha value is -1.57. The molecule has 0 aromatic heterocycles. The van der Waals surface area contributed by atoms with E-state index in [0.717, 1.165) is 24.4 Å². The van der Waals surface area contributed by atoms with Crippen LogP contribution in [0.5, 0.6) is 5.75 Å². The molecule has 1 aromatic carbocycles. The molecule has 0 aliphatic carbocycles. The molecular formula is C15H23N3O. The van der Waals surface area contributed by atoms with Gasteiger partial charge in [0.05, 0.1) is 13.2 Å². The topological polar surface area (TPSA) is 62.3 Å². The fraction of sp³-hybridized carbons (Fsp3) is 0.533. The molecule has 0 saturated heterocycles. The number of hydrogen-bond donors (Lipinski definition) is 1. The smallest absolute Gasteiger partial charge is 0.119 e. The Morgan fingerprint density at radius 2 is 2.21 bits per heavy atom. The Labute approximate surface area is 115 Å². The average Bonchev–Trinajstić information content (AvgIpc) is 2.42. The molecule has 0 amide bonds. The number of nitrogens with two attached hydrogens (primary N) is 1. The molecule has 0 aliphatic rings. The van der Waals surface area contributed by atoms with Gasteiger partial charge >= 0.3 is 0 Å². The monoisotopic (exact) mass is 261 g/mol. The van der Waals surface area contributed by atoms with Crippen molar-refractivity contribution in [2.24, 2.45) is 5.73 Å². The summed E-state index contributed by atoms with van der Waals surface area (Å²) in [4.78, 5) is 2.24. The van der Waals surface area contributed by atoms with Crippen LogP contribution in [0.3, 0.4) is 0 Å². The van der Waals surface area contributed by atoms with Gasteiger partial charge in [-0.1, -0.05) is 19.1 Å². The minimum absolute atomic E-state index is 0.00857. The maximum absolute atomic E-state index is 8.76. The fourth-order valence-electron chi connectivity index (χ4n) is 2.36. The van der Waals surface area contributed by atoms with Gasteiger partial charge in [0.2, 0.25) is 0 Å². The van der Waals surface area contributed by atoms with Crippen LogP contribution in [0, 0.1) is 11.3 Å². The molecule has 2 unspecified atom stereocenters. The van der Waals surface area contributed by atoms with E-state index in [1.165, 1.54) is 0 Å². The number of nitriles is 1. The van der Waals surface area contributed by atoms with Crippen LogP contribution in [0.15, 0.2) is 24.3 Å². The number of ether oxygens (including phenoxy) is 1. The second-order valence-corrected chi connectivity index (χ2v) is 4.62. The molecule has 19 heavy (non-hydrogen) atoms. The van der Waals surface area contributed by atoms with Crippen LogP contribution in [-0.2, 0) is 0 Å². The van der Waals surface area contributed by atoms with Gasteiger partial charge < -0.3 is 10.5 Å². The molecule has 0 saturated carbocycles. The molecule has 0 heterocycles. The number of nitrogens with zero attached hydrogens (tertiary/aromatic N) is 2. The van der Waals surface area contributed by atoms with Gasteiger partial charge in [-0.05, 0) is 31.2 Å². The third-order valence-electron chi connectivity index (χ3n) is 3.24. The van der Waals surface area contributed by atoms with Crippen LogP contribution < -0.4 is 10.5 Å². The molecule has 1 rings (SSSR count). The summed E-state index contributed by atoms with van der Waals surface area (Å²) < 4.78 is 5.27. The summed E-state index contributed by atoms with van der Waals surface area (Å²) in [5, 5.41) is 8.76. The van der Waals surface area contributed by atoms with Crippen LogP contribution in [0.4, 0.5) is 0 Å². The summed E-state index contributed by atoms with van der Waals surface area (Å²) in [5.41, 5.74) is 7.28. The lowest BCUT2D eigenvalue weighted by Gasteiger charge is -2.33. The largest absolute Gasteiger partial charge is 0.497 e. The minimum Gasteiger partial charge on any atom is -0.497 e. The molecule has 0 aliphatic heterocycles. The third kappa shape index (κ3) is 4.23. The summed E-state index contributed by atoms with van der Waals surface area (Å²) in [6.45, 7) is 5.69. The van der Waals surface area contributed by atoms with Gasteiger partial charge in [-0.2, -0.15) is 5.26 Å². The first-order chi connectivity index (χ1) is 9.13. The Morgan fingerprint density at radius 3 is 2.74 bits per heavy atom. The quantitative estimate of drug-likeness (QED) is 0.818. The predicted molar refractivity (Wildman–Crippen MR) is 76.9 cm³/mol. The molecule has 2 N–H and O–H groups in total. The SMILES string of the molecule is CCN(CCC#N)C(c1cccc(OC)c1)C(C)N. The lowest BCUT2D eigenvalue weighted by molar-refractivity contribution is 0.189. The zero-order valence-electron chi connectivity index (χ0n) is 12.0. The van der Waals surface area contributed by atoms with E-state index in [-0.39, 0.29) is 12.1 Å². The van der Waals surface area contributed by atoms with E-state index in [4.69, 9.17) is 15.7 Å². The van der Waals surface area contributed by atoms with Gasteiger partial charge in [-0.15, -0.1) is 0 Å². The highest BCUT2D eigenvalue weighted by molar-refractivity contribution is 5.31. The fourth-order valence-corrected chi connectivity index (χ4v) is 2.36. The van der Waals surface area contributed by atoms with Crippen LogP contribution in [0.2, 0.25) is 0 Å². The summed E-state index contributed by atoms with van der Waals surface area (Å²) in [6.07, 6.45) is 0.515. The van der Waals surface area contributed by atoms with Crippen molar-refractivity contribution >= 4 is 0 Å². The predicted octanol–water partition coefficient (Wildman–Crippen LogP) is 2.32. The van der Waals surface area contributed by atoms with Crippen molar-refractivity contribution in [2.75, 3.05) is 20.2 Å². The van der Waals surface area contributed by atoms with Crippen LogP contribution in [0.1, 0.15) is 31.9 Å². The zero-order valence-corrected chi connectivity index (χ0v) is 12.0. The number of likely N-dealkylation sites (N-methyl/N-ethyl adjacent to an activating group) is 1. The molecule has 1 aromatic rings. The highest BCUT2D eigenvalue weighted by Gasteiger charge is 2.23. The first-order valence-electron chi connectivity index (χ1n) is 6.64. The Morgan fingerprint density at radius 1 is 1.47 bits per heavy atom. The van der Waals surface area contributed by atoms with Crippen molar-refractivity contribution in [1.82, 2.24) is 4.90 Å². The standard InChI is InChI=1S/C15H23N3O/c1-4-18(10-6-9-16)15(12(2)17)13-7-5-8-14(11-13)19-3/h5,7-8,11-12,15H,4,6,10,17H2,1-3H3. The van der Waals surface area contributed by atoms with E-state index < -0.39 is 0 Å². The zero-order chi connectivity index (χ0) is 14.3. The second kappa shape index (κ2) is 7.78. The van der Waals surface area contributed by atoms with Crippen LogP contribution >= 0.6 is 0 Å². The Kier molecular flexibility index (Phi) is 6.34. The lowest BCUT2D eigenvalue weighted by atomic mass is 9.98. The highest BCUT2D eigenvalue weighted by atomic mass is 16.5. The van der Waals surface area contributed by atoms with Crippen molar-refractivity contribution in [1.29, 1.82) is 5.26 Å². The third-order valence-corrected chi connectivity index (χ3v) is 3.24. The van der Waals surface area contributed by atoms with Crippen LogP contribution in [-0.4, -0.2) is 31.1 Å². The van der Waals surface area contributed by atoms with Crippen molar-refractivity contribution in [2.45, 2.75) is 32.4 Å². The molecule has 0 fully saturated rings. The first kappa shape index (κ1) is 15.5. The molecule has 0 radical (unpaired) electrons. The van der Waals surface area contributed by atoms with Gasteiger partial charge in [0, 0.05) is 25.0 Å². The van der Waals surface area contributed by atoms with E-state index in [9.17, 15) is 0 Å². The molecule has 0 bridgehead atoms. The van der Waals surface area contributed by atoms with E-state index >= 15 is 0 Å². The average molecular weight is 261 g/mol. The van der Waals surface area contributed by atoms with E-state index in [1.54, 1.807) is 7.11 Å². The van der Waals surface area contributed by atoms with Crippen molar-refractivity contribution in [3.8, 4) is 11.8 Å². The molecule has 4 nitrogen and oxygen atoms in total. The number of rotatable bonds is 7. The normalized spacial score (nSPS) is 13.9. The van der Waals surface area contributed by atoms with Gasteiger partial charge in [0.15, 0.2) is 0 Å². The van der Waals surface area contributed by atoms with Crippen molar-refractivity contribution in [3.05, 3.63) is 29.8 Å². The molecule has 2 atom stereocenters. The van der Waals surface area contributed by atoms with Crippen LogP contribution in [0.25, 0.3) is 0 Å². The molecular weight excluding hydrogens is 238 g/mol. The summed E-state index contributed by atoms with van der Waals surface area (Å²) in [7, 11) is 1.66. The molecule has 4 heteroatoms. The maximum atomic E-state index is 8.76. The van der Waals surface area contributed by atoms with Gasteiger partial charge in [-0.25, -0.2) is 0 Å². The number of hydrogen-bond acceptors (Lipinski definition) is 4. The summed E-state index contributed by atoms with van der Waals surface area (Å²) in [5.74, 6) is 0.833. The molecule has 104 valence electrons. The van der Waals surface area contributed by atoms with Gasteiger partial charge in [-0.3, -0.25) is 4.90 Å². The minimum atomic E-state index is -0.00857. The molecule has 0 spiro atoms. The van der Waals surface area contributed by atoms with E-state index in [1.807, 2.05) is 25.1 Å². The van der Waals surface area contributed by atoms with Gasteiger partial charge in [0.1, 0.15) is 5.75 Å². The second-order valence-electron chi connectivity index (χ2n) is 4.62. The summed E-state index contributed by atoms with van der Waals surface area (Å²) >= 11 is 0. The van der Waals surface area contributed by atoms with E-state index in [2.05, 4.69) is 24.0 Å². The lowest BCUT2D eigenvalue weighted by Crippen LogP contribution is -2.40. The summed E-state index contributed by atoms with van der Waals surface area (Å²) in [6, 6.07) is 10.3. The first-order valence-corrected chi connectivity index (χ1v) is 6.64. The van der Waals surface area contributed by atoms with Crippen molar-refractivity contribution in [3.63, 3.8) is 0 Å². The number of benzene rings is 1. The number of methoxy groups -OCH3 is 1. The Balaban J connectivity index is 3.00. The highest BCUT2D eigenvalue weighted by Crippen LogP contribution is 2.26. The van der Waals surface area contributed by atoms with E-state index in [0.29, 0.717) is 6.42 Å². The van der Waals surface area contributed by atoms with Crippen molar-refractivity contribution < 1.29 is 4.74 Å².